The number of carbonyl (C=O) groups excluding carboxylic acids is 1. The van der Waals surface area contributed by atoms with Crippen molar-refractivity contribution in [2.75, 3.05) is 0 Å². The van der Waals surface area contributed by atoms with Crippen LogP contribution in [0.5, 0.6) is 0 Å². The van der Waals surface area contributed by atoms with Gasteiger partial charge in [0.1, 0.15) is 0 Å². The highest BCUT2D eigenvalue weighted by Gasteiger charge is 2.52. The third-order valence-corrected chi connectivity index (χ3v) is 6.53. The predicted molar refractivity (Wildman–Crippen MR) is 78.1 cm³/mol. The largest absolute Gasteiger partial charge is 0.393 e. The Hall–Kier alpha value is -0.890. The Balaban J connectivity index is 1.76. The van der Waals surface area contributed by atoms with E-state index < -0.39 is 0 Å². The van der Waals surface area contributed by atoms with E-state index in [1.165, 1.54) is 30.4 Å². The van der Waals surface area contributed by atoms with E-state index in [-0.39, 0.29) is 6.10 Å². The van der Waals surface area contributed by atoms with Crippen LogP contribution in [0.25, 0.3) is 0 Å². The van der Waals surface area contributed by atoms with Gasteiger partial charge in [0.2, 0.25) is 0 Å². The van der Waals surface area contributed by atoms with Crippen molar-refractivity contribution in [3.8, 4) is 0 Å². The van der Waals surface area contributed by atoms with E-state index >= 15 is 0 Å². The number of ketones is 1. The Morgan fingerprint density at radius 1 is 1.15 bits per heavy atom. The summed E-state index contributed by atoms with van der Waals surface area (Å²) < 4.78 is 0. The maximum atomic E-state index is 11.6. The van der Waals surface area contributed by atoms with Crippen LogP contribution in [0.4, 0.5) is 0 Å². The van der Waals surface area contributed by atoms with Gasteiger partial charge < -0.3 is 5.11 Å². The Morgan fingerprint density at radius 3 is 2.85 bits per heavy atom. The van der Waals surface area contributed by atoms with Gasteiger partial charge in [0.15, 0.2) is 5.78 Å². The summed E-state index contributed by atoms with van der Waals surface area (Å²) in [5.74, 6) is 1.37. The lowest BCUT2D eigenvalue weighted by Gasteiger charge is -2.48. The summed E-state index contributed by atoms with van der Waals surface area (Å²) in [6, 6.07) is 0. The first-order valence-corrected chi connectivity index (χ1v) is 8.22. The van der Waals surface area contributed by atoms with Crippen molar-refractivity contribution in [1.29, 1.82) is 0 Å². The van der Waals surface area contributed by atoms with Crippen LogP contribution in [0, 0.1) is 17.3 Å². The zero-order valence-electron chi connectivity index (χ0n) is 12.3. The molecule has 0 heterocycles. The van der Waals surface area contributed by atoms with E-state index in [1.54, 1.807) is 5.57 Å². The number of allylic oxidation sites excluding steroid dienone is 4. The third-order valence-electron chi connectivity index (χ3n) is 6.53. The van der Waals surface area contributed by atoms with Crippen molar-refractivity contribution in [3.63, 3.8) is 0 Å². The van der Waals surface area contributed by atoms with Crippen LogP contribution in [0.15, 0.2) is 22.8 Å². The molecule has 0 radical (unpaired) electrons. The first kappa shape index (κ1) is 12.8. The van der Waals surface area contributed by atoms with Crippen LogP contribution in [0.2, 0.25) is 0 Å². The van der Waals surface area contributed by atoms with Crippen LogP contribution < -0.4 is 0 Å². The lowest BCUT2D eigenvalue weighted by atomic mass is 9.57. The van der Waals surface area contributed by atoms with Crippen molar-refractivity contribution in [2.45, 2.75) is 64.4 Å². The van der Waals surface area contributed by atoms with Gasteiger partial charge in [0, 0.05) is 6.42 Å². The number of carbonyl (C=O) groups is 1. The molecule has 0 aromatic heterocycles. The molecule has 0 saturated heterocycles. The summed E-state index contributed by atoms with van der Waals surface area (Å²) in [7, 11) is 0. The molecule has 4 unspecified atom stereocenters. The first-order chi connectivity index (χ1) is 9.58. The van der Waals surface area contributed by atoms with Gasteiger partial charge in [-0.3, -0.25) is 4.79 Å². The number of rotatable bonds is 0. The molecule has 20 heavy (non-hydrogen) atoms. The van der Waals surface area contributed by atoms with Crippen LogP contribution in [-0.2, 0) is 4.79 Å². The van der Waals surface area contributed by atoms with Gasteiger partial charge in [-0.2, -0.15) is 0 Å². The van der Waals surface area contributed by atoms with Gasteiger partial charge in [-0.25, -0.2) is 0 Å². The first-order valence-electron chi connectivity index (χ1n) is 8.22. The number of aliphatic hydroxyl groups is 1. The van der Waals surface area contributed by atoms with E-state index in [1.807, 2.05) is 6.08 Å². The second-order valence-corrected chi connectivity index (χ2v) is 7.57. The highest BCUT2D eigenvalue weighted by molar-refractivity contribution is 5.93. The SMILES string of the molecule is CC12CCC3=C4CCC(=O)C=C4CCC3C1C(O)CC2. The van der Waals surface area contributed by atoms with E-state index in [0.717, 1.165) is 25.7 Å². The summed E-state index contributed by atoms with van der Waals surface area (Å²) in [5.41, 5.74) is 4.80. The normalized spacial score (nSPS) is 43.8. The van der Waals surface area contributed by atoms with Gasteiger partial charge in [0.25, 0.3) is 0 Å². The molecule has 4 rings (SSSR count). The van der Waals surface area contributed by atoms with Gasteiger partial charge in [0.05, 0.1) is 6.10 Å². The zero-order valence-corrected chi connectivity index (χ0v) is 12.3. The highest BCUT2D eigenvalue weighted by atomic mass is 16.3. The van der Waals surface area contributed by atoms with Crippen molar-refractivity contribution in [3.05, 3.63) is 22.8 Å². The van der Waals surface area contributed by atoms with Crippen LogP contribution in [-0.4, -0.2) is 17.0 Å². The Labute approximate surface area is 120 Å². The number of hydrogen-bond acceptors (Lipinski definition) is 2. The molecule has 2 fully saturated rings. The number of aliphatic hydroxyl groups excluding tert-OH is 1. The Kier molecular flexibility index (Phi) is 2.76. The van der Waals surface area contributed by atoms with Crippen LogP contribution >= 0.6 is 0 Å². The molecule has 0 bridgehead atoms. The van der Waals surface area contributed by atoms with E-state index in [4.69, 9.17) is 0 Å². The Bertz CT molecular complexity index is 528. The molecule has 0 aliphatic heterocycles. The zero-order chi connectivity index (χ0) is 13.9. The molecule has 0 aromatic carbocycles. The lowest BCUT2D eigenvalue weighted by Crippen LogP contribution is -2.41. The minimum absolute atomic E-state index is 0.100. The van der Waals surface area contributed by atoms with Crippen molar-refractivity contribution >= 4 is 5.78 Å². The third kappa shape index (κ3) is 1.70. The highest BCUT2D eigenvalue weighted by Crippen LogP contribution is 2.59. The molecular formula is C18H24O2. The minimum Gasteiger partial charge on any atom is -0.393 e. The fourth-order valence-corrected chi connectivity index (χ4v) is 5.55. The fraction of sp³-hybridized carbons (Fsp3) is 0.722. The number of hydrogen-bond donors (Lipinski definition) is 1. The molecule has 2 nitrogen and oxygen atoms in total. The van der Waals surface area contributed by atoms with Crippen molar-refractivity contribution in [1.82, 2.24) is 0 Å². The molecule has 0 amide bonds. The molecule has 108 valence electrons. The van der Waals surface area contributed by atoms with Crippen LogP contribution in [0.3, 0.4) is 0 Å². The van der Waals surface area contributed by atoms with Crippen molar-refractivity contribution < 1.29 is 9.90 Å². The van der Waals surface area contributed by atoms with Crippen LogP contribution in [0.1, 0.15) is 58.3 Å². The maximum absolute atomic E-state index is 11.6. The molecule has 0 spiro atoms. The summed E-state index contributed by atoms with van der Waals surface area (Å²) in [6.45, 7) is 2.39. The average Bonchev–Trinajstić information content (AvgIpc) is 2.74. The van der Waals surface area contributed by atoms with Gasteiger partial charge in [-0.15, -0.1) is 0 Å². The second kappa shape index (κ2) is 4.30. The monoisotopic (exact) mass is 272 g/mol. The molecule has 2 saturated carbocycles. The van der Waals surface area contributed by atoms with E-state index in [9.17, 15) is 9.90 Å². The summed E-state index contributed by atoms with van der Waals surface area (Å²) in [4.78, 5) is 11.6. The fourth-order valence-electron chi connectivity index (χ4n) is 5.55. The van der Waals surface area contributed by atoms with Gasteiger partial charge >= 0.3 is 0 Å². The van der Waals surface area contributed by atoms with E-state index in [2.05, 4.69) is 6.92 Å². The molecule has 4 atom stereocenters. The smallest absolute Gasteiger partial charge is 0.156 e. The maximum Gasteiger partial charge on any atom is 0.156 e. The quantitative estimate of drug-likeness (QED) is 0.732. The molecule has 0 aromatic rings. The molecule has 2 heteroatoms. The molecule has 1 N–H and O–H groups in total. The molecule has 4 aliphatic rings. The topological polar surface area (TPSA) is 37.3 Å². The van der Waals surface area contributed by atoms with Gasteiger partial charge in [-0.1, -0.05) is 12.5 Å². The summed E-state index contributed by atoms with van der Waals surface area (Å²) >= 11 is 0. The lowest BCUT2D eigenvalue weighted by molar-refractivity contribution is -0.114. The standard InChI is InChI=1S/C18H24O2/c1-18-8-6-14-13-5-3-12(19)10-11(13)2-4-15(14)17(18)16(20)7-9-18/h10,15-17,20H,2-9H2,1H3. The minimum atomic E-state index is -0.100. The summed E-state index contributed by atoms with van der Waals surface area (Å²) in [6.07, 6.45) is 10.3. The molecule has 4 aliphatic carbocycles. The Morgan fingerprint density at radius 2 is 2.00 bits per heavy atom. The van der Waals surface area contributed by atoms with E-state index in [0.29, 0.717) is 29.5 Å². The van der Waals surface area contributed by atoms with Gasteiger partial charge in [-0.05, 0) is 79.4 Å². The molecular weight excluding hydrogens is 248 g/mol. The predicted octanol–water partition coefficient (Wildman–Crippen LogP) is 3.55. The second-order valence-electron chi connectivity index (χ2n) is 7.57. The number of fused-ring (bicyclic) bond motifs is 4. The average molecular weight is 272 g/mol. The summed E-state index contributed by atoms with van der Waals surface area (Å²) in [5, 5.41) is 10.5. The van der Waals surface area contributed by atoms with Crippen molar-refractivity contribution in [2.24, 2.45) is 17.3 Å².